The van der Waals surface area contributed by atoms with Crippen molar-refractivity contribution in [1.82, 2.24) is 0 Å². The largest absolute Gasteiger partial charge is 0.505 e. The third-order valence-electron chi connectivity index (χ3n) is 6.92. The number of hydrogen-bond acceptors (Lipinski definition) is 13. The van der Waals surface area contributed by atoms with E-state index in [1.165, 1.54) is 31.2 Å². The molecule has 0 radical (unpaired) electrons. The van der Waals surface area contributed by atoms with E-state index in [1.807, 2.05) is 12.1 Å². The number of anilines is 1. The molecule has 0 fully saturated rings. The molecule has 5 N–H and O–H groups in total. The molecule has 0 amide bonds. The Morgan fingerprint density at radius 1 is 0.660 bits per heavy atom. The van der Waals surface area contributed by atoms with Gasteiger partial charge >= 0.3 is 0 Å². The quantitative estimate of drug-likeness (QED) is 0.0774. The number of fused-ring (bicyclic) bond motifs is 2. The molecule has 0 saturated heterocycles. The van der Waals surface area contributed by atoms with Gasteiger partial charge in [-0.2, -0.15) is 16.8 Å². The summed E-state index contributed by atoms with van der Waals surface area (Å²) in [7, 11) is -13.4. The topological polar surface area (TPSA) is 245 Å². The fourth-order valence-electron chi connectivity index (χ4n) is 4.54. The van der Waals surface area contributed by atoms with Crippen LogP contribution >= 0.6 is 0 Å². The fourth-order valence-corrected chi connectivity index (χ4v) is 6.51. The Morgan fingerprint density at radius 3 is 1.91 bits per heavy atom. The van der Waals surface area contributed by atoms with Crippen molar-refractivity contribution in [2.45, 2.75) is 16.7 Å². The maximum atomic E-state index is 12.3. The van der Waals surface area contributed by atoms with Gasteiger partial charge < -0.3 is 15.5 Å². The lowest BCUT2D eigenvalue weighted by Gasteiger charge is -2.12. The summed E-state index contributed by atoms with van der Waals surface area (Å²) in [5, 5.41) is 41.9. The minimum atomic E-state index is -4.99. The van der Waals surface area contributed by atoms with Crippen LogP contribution in [0.2, 0.25) is 0 Å². The summed E-state index contributed by atoms with van der Waals surface area (Å²) in [5.74, 6) is -1.80. The van der Waals surface area contributed by atoms with Gasteiger partial charge in [-0.25, -0.2) is 8.42 Å². The van der Waals surface area contributed by atoms with Gasteiger partial charge in [0.1, 0.15) is 33.5 Å². The van der Waals surface area contributed by atoms with Crippen molar-refractivity contribution in [3.63, 3.8) is 0 Å². The van der Waals surface area contributed by atoms with Gasteiger partial charge in [0.15, 0.2) is 21.3 Å². The fraction of sp³-hybridized carbons (Fsp3) is 0.103. The summed E-state index contributed by atoms with van der Waals surface area (Å²) in [4.78, 5) is -1.23. The van der Waals surface area contributed by atoms with E-state index in [2.05, 4.69) is 25.8 Å². The van der Waals surface area contributed by atoms with Crippen molar-refractivity contribution in [2.75, 3.05) is 16.9 Å². The predicted molar refractivity (Wildman–Crippen MR) is 174 cm³/mol. The van der Waals surface area contributed by atoms with Gasteiger partial charge in [0.25, 0.3) is 20.2 Å². The molecule has 47 heavy (non-hydrogen) atoms. The van der Waals surface area contributed by atoms with Crippen molar-refractivity contribution in [3.8, 4) is 11.5 Å². The molecule has 0 saturated carbocycles. The summed E-state index contributed by atoms with van der Waals surface area (Å²) in [5.41, 5.74) is -0.496. The van der Waals surface area contributed by atoms with Crippen molar-refractivity contribution >= 4 is 80.1 Å². The minimum absolute atomic E-state index is 0.0204. The number of nitrogens with one attached hydrogen (secondary N) is 1. The summed E-state index contributed by atoms with van der Waals surface area (Å²) < 4.78 is 90.9. The third kappa shape index (κ3) is 7.21. The standard InChI is InChI=1S/C29H25N5O10S3/c1-2-45(37,38)18-8-12-22(26(15-18)47(42,43)44)31-34-27-20-9-14-25(29(36)21(20)10-13-23(27)30-16-46(39,40)41)33-32-24-11-7-17-5-3-4-6-19(17)28(24)35/h3-15,30,35-36H,2,16H2,1H3,(H,39,40,41)(H,42,43,44). The molecule has 0 aliphatic carbocycles. The Kier molecular flexibility index (Phi) is 8.98. The first kappa shape index (κ1) is 33.4. The van der Waals surface area contributed by atoms with Crippen molar-refractivity contribution < 1.29 is 44.6 Å². The Balaban J connectivity index is 1.62. The second-order valence-electron chi connectivity index (χ2n) is 9.96. The van der Waals surface area contributed by atoms with E-state index < -0.39 is 52.3 Å². The molecule has 5 aromatic carbocycles. The Hall–Kier alpha value is -5.01. The SMILES string of the molecule is CCS(=O)(=O)c1ccc(N=Nc2c(NCS(=O)(=O)O)ccc3c(O)c(N=Nc4ccc5ccccc5c4O)ccc23)c(S(=O)(=O)O)c1. The molecule has 0 bridgehead atoms. The third-order valence-corrected chi connectivity index (χ3v) is 10.0. The number of aromatic hydroxyl groups is 2. The van der Waals surface area contributed by atoms with Crippen LogP contribution < -0.4 is 5.32 Å². The van der Waals surface area contributed by atoms with E-state index in [-0.39, 0.29) is 49.9 Å². The van der Waals surface area contributed by atoms with Crippen LogP contribution in [0.15, 0.2) is 109 Å². The molecule has 18 heteroatoms. The highest BCUT2D eigenvalue weighted by Gasteiger charge is 2.22. The van der Waals surface area contributed by atoms with Crippen molar-refractivity contribution in [3.05, 3.63) is 78.9 Å². The van der Waals surface area contributed by atoms with Gasteiger partial charge in [0.2, 0.25) is 0 Å². The zero-order valence-electron chi connectivity index (χ0n) is 24.2. The van der Waals surface area contributed by atoms with E-state index in [9.17, 15) is 44.6 Å². The highest BCUT2D eigenvalue weighted by molar-refractivity contribution is 7.91. The van der Waals surface area contributed by atoms with Crippen LogP contribution in [0, 0.1) is 0 Å². The molecule has 0 spiro atoms. The van der Waals surface area contributed by atoms with E-state index >= 15 is 0 Å². The second kappa shape index (κ2) is 12.6. The first-order valence-corrected chi connectivity index (χ1v) is 18.2. The first-order chi connectivity index (χ1) is 22.1. The normalized spacial score (nSPS) is 12.8. The van der Waals surface area contributed by atoms with Crippen LogP contribution in [-0.2, 0) is 30.1 Å². The number of rotatable bonds is 10. The first-order valence-electron chi connectivity index (χ1n) is 13.5. The molecule has 244 valence electrons. The van der Waals surface area contributed by atoms with E-state index in [4.69, 9.17) is 0 Å². The molecule has 0 unspecified atom stereocenters. The van der Waals surface area contributed by atoms with Crippen molar-refractivity contribution in [2.24, 2.45) is 20.5 Å². The molecule has 0 atom stereocenters. The van der Waals surface area contributed by atoms with E-state index in [0.29, 0.717) is 5.39 Å². The maximum Gasteiger partial charge on any atom is 0.296 e. The highest BCUT2D eigenvalue weighted by Crippen LogP contribution is 2.44. The number of sulfone groups is 1. The molecule has 15 nitrogen and oxygen atoms in total. The summed E-state index contributed by atoms with van der Waals surface area (Å²) in [6.07, 6.45) is 0. The van der Waals surface area contributed by atoms with Gasteiger partial charge in [0.05, 0.1) is 16.3 Å². The summed E-state index contributed by atoms with van der Waals surface area (Å²) in [6, 6.07) is 18.7. The van der Waals surface area contributed by atoms with Gasteiger partial charge in [-0.3, -0.25) is 9.11 Å². The second-order valence-corrected chi connectivity index (χ2v) is 15.1. The molecule has 0 heterocycles. The molecule has 0 aromatic heterocycles. The van der Waals surface area contributed by atoms with Crippen LogP contribution in [0.25, 0.3) is 21.5 Å². The summed E-state index contributed by atoms with van der Waals surface area (Å²) in [6.45, 7) is 1.35. The molecule has 0 aliphatic heterocycles. The van der Waals surface area contributed by atoms with Crippen LogP contribution in [0.4, 0.5) is 28.4 Å². The lowest BCUT2D eigenvalue weighted by molar-refractivity contribution is 0.480. The summed E-state index contributed by atoms with van der Waals surface area (Å²) >= 11 is 0. The Morgan fingerprint density at radius 2 is 1.26 bits per heavy atom. The van der Waals surface area contributed by atoms with Gasteiger partial charge in [-0.05, 0) is 53.9 Å². The lowest BCUT2D eigenvalue weighted by atomic mass is 10.1. The van der Waals surface area contributed by atoms with Gasteiger partial charge in [-0.1, -0.05) is 37.3 Å². The molecule has 0 aliphatic rings. The molecular formula is C29H25N5O10S3. The molecule has 5 rings (SSSR count). The predicted octanol–water partition coefficient (Wildman–Crippen LogP) is 6.53. The van der Waals surface area contributed by atoms with Crippen LogP contribution in [0.1, 0.15) is 6.92 Å². The van der Waals surface area contributed by atoms with E-state index in [0.717, 1.165) is 23.6 Å². The van der Waals surface area contributed by atoms with Gasteiger partial charge in [0, 0.05) is 16.2 Å². The van der Waals surface area contributed by atoms with E-state index in [1.54, 1.807) is 24.3 Å². The molecular weight excluding hydrogens is 675 g/mol. The average molecular weight is 700 g/mol. The molecule has 5 aromatic rings. The van der Waals surface area contributed by atoms with Crippen molar-refractivity contribution in [1.29, 1.82) is 0 Å². The smallest absolute Gasteiger partial charge is 0.296 e. The van der Waals surface area contributed by atoms with Crippen LogP contribution in [0.3, 0.4) is 0 Å². The number of phenolic OH excluding ortho intramolecular Hbond substituents is 2. The Labute approximate surface area is 268 Å². The number of phenols is 2. The number of benzene rings is 5. The number of nitrogens with zero attached hydrogens (tertiary/aromatic N) is 4. The van der Waals surface area contributed by atoms with Gasteiger partial charge in [-0.15, -0.1) is 20.5 Å². The Bertz CT molecular complexity index is 2450. The zero-order valence-corrected chi connectivity index (χ0v) is 26.6. The number of azo groups is 2. The van der Waals surface area contributed by atoms with Crippen LogP contribution in [0.5, 0.6) is 11.5 Å². The number of hydrogen-bond donors (Lipinski definition) is 5. The lowest BCUT2D eigenvalue weighted by Crippen LogP contribution is -2.13. The highest BCUT2D eigenvalue weighted by atomic mass is 32.2. The monoisotopic (exact) mass is 699 g/mol. The minimum Gasteiger partial charge on any atom is -0.505 e. The average Bonchev–Trinajstić information content (AvgIpc) is 3.02. The maximum absolute atomic E-state index is 12.3. The van der Waals surface area contributed by atoms with Crippen LogP contribution in [-0.4, -0.2) is 56.2 Å². The zero-order chi connectivity index (χ0) is 34.1.